The van der Waals surface area contributed by atoms with E-state index in [0.29, 0.717) is 10.7 Å². The number of carbonyl (C=O) groups is 1. The van der Waals surface area contributed by atoms with Crippen molar-refractivity contribution in [1.29, 1.82) is 0 Å². The van der Waals surface area contributed by atoms with E-state index in [9.17, 15) is 9.00 Å². The van der Waals surface area contributed by atoms with Crippen LogP contribution in [0.25, 0.3) is 0 Å². The Labute approximate surface area is 69.4 Å². The molecule has 64 valence electrons. The van der Waals surface area contributed by atoms with E-state index < -0.39 is 9.73 Å². The Hall–Kier alpha value is -1.17. The molecular weight excluding hydrogens is 178 g/mol. The van der Waals surface area contributed by atoms with Crippen LogP contribution in [0.15, 0.2) is 15.7 Å². The fourth-order valence-electron chi connectivity index (χ4n) is 1.18. The molecule has 1 amide bonds. The maximum absolute atomic E-state index is 11.6. The zero-order valence-corrected chi connectivity index (χ0v) is 7.22. The smallest absolute Gasteiger partial charge is 0.260 e. The van der Waals surface area contributed by atoms with Crippen LogP contribution in [-0.4, -0.2) is 26.3 Å². The van der Waals surface area contributed by atoms with Gasteiger partial charge in [-0.2, -0.15) is 4.36 Å². The van der Waals surface area contributed by atoms with Crippen LogP contribution < -0.4 is 0 Å². The van der Waals surface area contributed by atoms with Gasteiger partial charge in [0.05, 0.1) is 28.2 Å². The third kappa shape index (κ3) is 0.953. The summed E-state index contributed by atoms with van der Waals surface area (Å²) < 4.78 is 15.2. The fraction of sp³-hybridized carbons (Fsp3) is 0.333. The minimum absolute atomic E-state index is 0.156. The Morgan fingerprint density at radius 1 is 1.67 bits per heavy atom. The molecule has 1 aromatic heterocycles. The van der Waals surface area contributed by atoms with E-state index in [2.05, 4.69) is 14.3 Å². The molecule has 1 aliphatic heterocycles. The topological polar surface area (TPSA) is 75.2 Å². The normalized spacial score (nSPS) is 27.9. The first kappa shape index (κ1) is 7.48. The molecule has 0 spiro atoms. The number of fused-ring (bicyclic) bond motifs is 1. The van der Waals surface area contributed by atoms with Gasteiger partial charge in [-0.3, -0.25) is 4.79 Å². The summed E-state index contributed by atoms with van der Waals surface area (Å²) in [5.41, 5.74) is 0.558. The minimum atomic E-state index is -2.54. The molecular formula is C6H7N3O2S. The highest BCUT2D eigenvalue weighted by Gasteiger charge is 2.23. The lowest BCUT2D eigenvalue weighted by molar-refractivity contribution is -0.117. The number of aromatic amines is 1. The molecule has 12 heavy (non-hydrogen) atoms. The van der Waals surface area contributed by atoms with Gasteiger partial charge in [-0.1, -0.05) is 0 Å². The van der Waals surface area contributed by atoms with Crippen LogP contribution in [0.2, 0.25) is 0 Å². The lowest BCUT2D eigenvalue weighted by Crippen LogP contribution is -2.14. The van der Waals surface area contributed by atoms with Crippen molar-refractivity contribution in [1.82, 2.24) is 9.97 Å². The molecule has 6 heteroatoms. The molecule has 2 heterocycles. The summed E-state index contributed by atoms with van der Waals surface area (Å²) >= 11 is 0. The largest absolute Gasteiger partial charge is 0.337 e. The van der Waals surface area contributed by atoms with Crippen molar-refractivity contribution in [2.45, 2.75) is 11.4 Å². The van der Waals surface area contributed by atoms with Crippen LogP contribution in [0.3, 0.4) is 0 Å². The number of nitrogens with one attached hydrogen (secondary N) is 1. The van der Waals surface area contributed by atoms with Gasteiger partial charge in [-0.15, -0.1) is 0 Å². The number of rotatable bonds is 0. The molecule has 0 radical (unpaired) electrons. The van der Waals surface area contributed by atoms with E-state index in [1.807, 2.05) is 0 Å². The molecule has 2 rings (SSSR count). The van der Waals surface area contributed by atoms with E-state index in [0.717, 1.165) is 0 Å². The number of aromatic nitrogens is 2. The second-order valence-corrected chi connectivity index (χ2v) is 4.84. The second kappa shape index (κ2) is 2.16. The molecule has 0 aliphatic carbocycles. The molecule has 0 saturated heterocycles. The van der Waals surface area contributed by atoms with Gasteiger partial charge >= 0.3 is 0 Å². The monoisotopic (exact) mass is 185 g/mol. The van der Waals surface area contributed by atoms with E-state index in [4.69, 9.17) is 0 Å². The number of carbonyl (C=O) groups excluding carboxylic acids is 1. The van der Waals surface area contributed by atoms with Crippen molar-refractivity contribution >= 4 is 15.6 Å². The molecule has 0 saturated carbocycles. The van der Waals surface area contributed by atoms with Gasteiger partial charge in [-0.05, 0) is 0 Å². The molecule has 1 unspecified atom stereocenters. The van der Waals surface area contributed by atoms with Gasteiger partial charge in [0.15, 0.2) is 0 Å². The van der Waals surface area contributed by atoms with Gasteiger partial charge in [0.1, 0.15) is 5.03 Å². The zero-order valence-electron chi connectivity index (χ0n) is 6.40. The predicted octanol–water partition coefficient (Wildman–Crippen LogP) is -0.0509. The summed E-state index contributed by atoms with van der Waals surface area (Å²) in [7, 11) is -2.54. The van der Waals surface area contributed by atoms with Gasteiger partial charge < -0.3 is 4.98 Å². The number of H-pyrrole nitrogens is 1. The first-order chi connectivity index (χ1) is 5.59. The Kier molecular flexibility index (Phi) is 1.35. The average Bonchev–Trinajstić information content (AvgIpc) is 2.32. The molecule has 1 aliphatic rings. The number of nitrogens with zero attached hydrogens (tertiary/aromatic N) is 2. The SMILES string of the molecule is CS1(=O)=NC(=O)Cc2nc[nH]c21. The Morgan fingerprint density at radius 2 is 2.42 bits per heavy atom. The molecule has 0 aromatic carbocycles. The van der Waals surface area contributed by atoms with E-state index in [1.54, 1.807) is 0 Å². The Balaban J connectivity index is 2.77. The van der Waals surface area contributed by atoms with Gasteiger partial charge in [0.25, 0.3) is 5.91 Å². The highest BCUT2D eigenvalue weighted by Crippen LogP contribution is 2.18. The molecule has 0 bridgehead atoms. The molecule has 0 fully saturated rings. The van der Waals surface area contributed by atoms with Gasteiger partial charge in [-0.25, -0.2) is 9.19 Å². The van der Waals surface area contributed by atoms with Crippen molar-refractivity contribution in [2.75, 3.05) is 6.26 Å². The predicted molar refractivity (Wildman–Crippen MR) is 42.1 cm³/mol. The molecule has 1 aromatic rings. The summed E-state index contributed by atoms with van der Waals surface area (Å²) in [4.78, 5) is 17.6. The maximum Gasteiger partial charge on any atom is 0.260 e. The first-order valence-electron chi connectivity index (χ1n) is 3.37. The number of hydrogen-bond acceptors (Lipinski definition) is 3. The van der Waals surface area contributed by atoms with Crippen molar-refractivity contribution < 1.29 is 9.00 Å². The van der Waals surface area contributed by atoms with Gasteiger partial charge in [0, 0.05) is 6.26 Å². The summed E-state index contributed by atoms with van der Waals surface area (Å²) in [5, 5.41) is 0.488. The minimum Gasteiger partial charge on any atom is -0.337 e. The summed E-state index contributed by atoms with van der Waals surface area (Å²) in [6.45, 7) is 0. The van der Waals surface area contributed by atoms with Crippen LogP contribution in [0.4, 0.5) is 0 Å². The van der Waals surface area contributed by atoms with Crippen LogP contribution >= 0.6 is 0 Å². The van der Waals surface area contributed by atoms with E-state index in [-0.39, 0.29) is 12.3 Å². The highest BCUT2D eigenvalue weighted by molar-refractivity contribution is 7.93. The van der Waals surface area contributed by atoms with Crippen molar-refractivity contribution in [3.05, 3.63) is 12.0 Å². The van der Waals surface area contributed by atoms with Crippen LogP contribution in [-0.2, 0) is 20.9 Å². The van der Waals surface area contributed by atoms with E-state index >= 15 is 0 Å². The third-order valence-corrected chi connectivity index (χ3v) is 3.31. The maximum atomic E-state index is 11.6. The van der Waals surface area contributed by atoms with Crippen LogP contribution in [0.5, 0.6) is 0 Å². The zero-order chi connectivity index (χ0) is 8.77. The quantitative estimate of drug-likeness (QED) is 0.615. The lowest BCUT2D eigenvalue weighted by Gasteiger charge is -2.07. The summed E-state index contributed by atoms with van der Waals surface area (Å²) in [5.74, 6) is -0.359. The first-order valence-corrected chi connectivity index (χ1v) is 5.29. The number of amides is 1. The summed E-state index contributed by atoms with van der Waals surface area (Å²) in [6.07, 6.45) is 3.02. The lowest BCUT2D eigenvalue weighted by atomic mass is 10.3. The molecule has 1 atom stereocenters. The van der Waals surface area contributed by atoms with Crippen LogP contribution in [0, 0.1) is 0 Å². The third-order valence-electron chi connectivity index (χ3n) is 1.65. The van der Waals surface area contributed by atoms with Crippen molar-refractivity contribution in [3.8, 4) is 0 Å². The number of hydrogen-bond donors (Lipinski definition) is 1. The summed E-state index contributed by atoms with van der Waals surface area (Å²) in [6, 6.07) is 0. The Morgan fingerprint density at radius 3 is 3.17 bits per heavy atom. The van der Waals surface area contributed by atoms with E-state index in [1.165, 1.54) is 12.6 Å². The fourth-order valence-corrected chi connectivity index (χ4v) is 2.56. The van der Waals surface area contributed by atoms with Gasteiger partial charge in [0.2, 0.25) is 0 Å². The number of imidazole rings is 1. The Bertz CT molecular complexity index is 453. The standard InChI is InChI=1S/C6H7N3O2S/c1-12(11)6-4(7-3-8-6)2-5(10)9-12/h3H,2H2,1H3,(H,7,8). The van der Waals surface area contributed by atoms with Crippen molar-refractivity contribution in [2.24, 2.45) is 4.36 Å². The second-order valence-electron chi connectivity index (χ2n) is 2.64. The molecule has 1 N–H and O–H groups in total. The average molecular weight is 185 g/mol. The molecule has 5 nitrogen and oxygen atoms in total. The van der Waals surface area contributed by atoms with Crippen LogP contribution in [0.1, 0.15) is 5.69 Å². The highest BCUT2D eigenvalue weighted by atomic mass is 32.2. The van der Waals surface area contributed by atoms with Crippen molar-refractivity contribution in [3.63, 3.8) is 0 Å².